The summed E-state index contributed by atoms with van der Waals surface area (Å²) in [5.41, 5.74) is 1.66. The fraction of sp³-hybridized carbons (Fsp3) is 0. The molecular formula is C13H7Cl2NO3S. The number of hydrogen-bond acceptors (Lipinski definition) is 4. The Labute approximate surface area is 124 Å². The van der Waals surface area contributed by atoms with E-state index < -0.39 is 9.05 Å². The minimum atomic E-state index is -3.79. The Morgan fingerprint density at radius 1 is 1.05 bits per heavy atom. The van der Waals surface area contributed by atoms with E-state index in [9.17, 15) is 8.42 Å². The summed E-state index contributed by atoms with van der Waals surface area (Å²) in [5.74, 6) is 0.390. The van der Waals surface area contributed by atoms with Crippen LogP contribution >= 0.6 is 22.3 Å². The average Bonchev–Trinajstić information content (AvgIpc) is 2.81. The lowest BCUT2D eigenvalue weighted by Gasteiger charge is -1.94. The molecular weight excluding hydrogens is 321 g/mol. The standard InChI is InChI=1S/C13H7Cl2NO3S/c14-9-3-1-8(2-4-9)13-16-11-6-5-10(20(15,17)18)7-12(11)19-13/h1-7H. The van der Waals surface area contributed by atoms with E-state index in [4.69, 9.17) is 26.7 Å². The monoisotopic (exact) mass is 327 g/mol. The SMILES string of the molecule is O=S(=O)(Cl)c1ccc2nc(-c3ccc(Cl)cc3)oc2c1. The van der Waals surface area contributed by atoms with Crippen LogP contribution in [0.15, 0.2) is 51.8 Å². The maximum atomic E-state index is 11.3. The molecule has 2 aromatic carbocycles. The molecule has 0 aliphatic carbocycles. The molecule has 1 heterocycles. The first kappa shape index (κ1) is 13.4. The normalized spacial score (nSPS) is 11.9. The first-order valence-electron chi connectivity index (χ1n) is 5.55. The summed E-state index contributed by atoms with van der Waals surface area (Å²) in [4.78, 5) is 4.27. The van der Waals surface area contributed by atoms with Crippen LogP contribution in [0.4, 0.5) is 0 Å². The van der Waals surface area contributed by atoms with Gasteiger partial charge in [-0.3, -0.25) is 0 Å². The van der Waals surface area contributed by atoms with Crippen molar-refractivity contribution in [1.82, 2.24) is 4.98 Å². The van der Waals surface area contributed by atoms with Gasteiger partial charge in [0.15, 0.2) is 5.58 Å². The van der Waals surface area contributed by atoms with Gasteiger partial charge in [0.05, 0.1) is 4.90 Å². The van der Waals surface area contributed by atoms with Crippen LogP contribution in [-0.4, -0.2) is 13.4 Å². The van der Waals surface area contributed by atoms with E-state index >= 15 is 0 Å². The Morgan fingerprint density at radius 2 is 1.75 bits per heavy atom. The van der Waals surface area contributed by atoms with E-state index in [0.717, 1.165) is 5.56 Å². The molecule has 0 aliphatic rings. The third-order valence-corrected chi connectivity index (χ3v) is 4.34. The Kier molecular flexibility index (Phi) is 3.20. The van der Waals surface area contributed by atoms with Crippen LogP contribution < -0.4 is 0 Å². The van der Waals surface area contributed by atoms with Gasteiger partial charge in [-0.05, 0) is 36.4 Å². The lowest BCUT2D eigenvalue weighted by molar-refractivity contribution is 0.606. The zero-order valence-electron chi connectivity index (χ0n) is 9.88. The minimum absolute atomic E-state index is 0.0227. The Bertz CT molecular complexity index is 886. The smallest absolute Gasteiger partial charge is 0.261 e. The van der Waals surface area contributed by atoms with Gasteiger partial charge >= 0.3 is 0 Å². The highest BCUT2D eigenvalue weighted by molar-refractivity contribution is 8.13. The molecule has 0 fully saturated rings. The van der Waals surface area contributed by atoms with Crippen molar-refractivity contribution in [1.29, 1.82) is 0 Å². The zero-order valence-corrected chi connectivity index (χ0v) is 12.2. The highest BCUT2D eigenvalue weighted by atomic mass is 35.7. The third kappa shape index (κ3) is 2.52. The first-order valence-corrected chi connectivity index (χ1v) is 8.23. The molecule has 1 aromatic heterocycles. The highest BCUT2D eigenvalue weighted by Crippen LogP contribution is 2.27. The maximum absolute atomic E-state index is 11.3. The van der Waals surface area contributed by atoms with Gasteiger partial charge in [-0.2, -0.15) is 0 Å². The molecule has 0 saturated carbocycles. The van der Waals surface area contributed by atoms with Gasteiger partial charge in [0.2, 0.25) is 5.89 Å². The van der Waals surface area contributed by atoms with Crippen molar-refractivity contribution in [3.05, 3.63) is 47.5 Å². The van der Waals surface area contributed by atoms with E-state index in [2.05, 4.69) is 4.98 Å². The molecule has 0 saturated heterocycles. The molecule has 0 bridgehead atoms. The van der Waals surface area contributed by atoms with Crippen molar-refractivity contribution in [2.24, 2.45) is 0 Å². The van der Waals surface area contributed by atoms with Gasteiger partial charge in [0.25, 0.3) is 9.05 Å². The van der Waals surface area contributed by atoms with E-state index in [1.165, 1.54) is 12.1 Å². The topological polar surface area (TPSA) is 60.2 Å². The van der Waals surface area contributed by atoms with Crippen molar-refractivity contribution in [3.8, 4) is 11.5 Å². The summed E-state index contributed by atoms with van der Waals surface area (Å²) in [7, 11) is 1.51. The fourth-order valence-electron chi connectivity index (χ4n) is 1.77. The zero-order chi connectivity index (χ0) is 14.3. The fourth-order valence-corrected chi connectivity index (χ4v) is 2.66. The minimum Gasteiger partial charge on any atom is -0.436 e. The molecule has 20 heavy (non-hydrogen) atoms. The Hall–Kier alpha value is -1.56. The lowest BCUT2D eigenvalue weighted by atomic mass is 10.2. The van der Waals surface area contributed by atoms with Crippen molar-refractivity contribution < 1.29 is 12.8 Å². The van der Waals surface area contributed by atoms with Crippen molar-refractivity contribution in [2.45, 2.75) is 4.90 Å². The van der Waals surface area contributed by atoms with Gasteiger partial charge in [0, 0.05) is 27.3 Å². The van der Waals surface area contributed by atoms with E-state index in [1.54, 1.807) is 30.3 Å². The molecule has 0 unspecified atom stereocenters. The molecule has 102 valence electrons. The van der Waals surface area contributed by atoms with E-state index in [0.29, 0.717) is 22.0 Å². The van der Waals surface area contributed by atoms with Crippen molar-refractivity contribution in [2.75, 3.05) is 0 Å². The van der Waals surface area contributed by atoms with Crippen LogP contribution in [-0.2, 0) is 9.05 Å². The summed E-state index contributed by atoms with van der Waals surface area (Å²) >= 11 is 5.82. The van der Waals surface area contributed by atoms with Gasteiger partial charge in [-0.1, -0.05) is 11.6 Å². The summed E-state index contributed by atoms with van der Waals surface area (Å²) < 4.78 is 28.1. The number of nitrogens with zero attached hydrogens (tertiary/aromatic N) is 1. The summed E-state index contributed by atoms with van der Waals surface area (Å²) in [6.07, 6.45) is 0. The molecule has 0 aliphatic heterocycles. The second-order valence-electron chi connectivity index (χ2n) is 4.09. The van der Waals surface area contributed by atoms with E-state index in [-0.39, 0.29) is 4.90 Å². The van der Waals surface area contributed by atoms with Crippen LogP contribution in [0, 0.1) is 0 Å². The van der Waals surface area contributed by atoms with Crippen LogP contribution in [0.2, 0.25) is 5.02 Å². The molecule has 0 spiro atoms. The predicted octanol–water partition coefficient (Wildman–Crippen LogP) is 4.08. The number of halogens is 2. The van der Waals surface area contributed by atoms with Crippen LogP contribution in [0.1, 0.15) is 0 Å². The van der Waals surface area contributed by atoms with Crippen LogP contribution in [0.5, 0.6) is 0 Å². The van der Waals surface area contributed by atoms with E-state index in [1.807, 2.05) is 0 Å². The summed E-state index contributed by atoms with van der Waals surface area (Å²) in [6.45, 7) is 0. The Morgan fingerprint density at radius 3 is 2.40 bits per heavy atom. The molecule has 0 atom stereocenters. The quantitative estimate of drug-likeness (QED) is 0.665. The molecule has 4 nitrogen and oxygen atoms in total. The van der Waals surface area contributed by atoms with Crippen LogP contribution in [0.3, 0.4) is 0 Å². The maximum Gasteiger partial charge on any atom is 0.261 e. The Balaban J connectivity index is 2.13. The highest BCUT2D eigenvalue weighted by Gasteiger charge is 2.14. The summed E-state index contributed by atoms with van der Waals surface area (Å²) in [6, 6.07) is 11.3. The molecule has 0 amide bonds. The molecule has 0 N–H and O–H groups in total. The molecule has 3 rings (SSSR count). The van der Waals surface area contributed by atoms with Gasteiger partial charge in [-0.25, -0.2) is 13.4 Å². The van der Waals surface area contributed by atoms with Crippen molar-refractivity contribution in [3.63, 3.8) is 0 Å². The van der Waals surface area contributed by atoms with Crippen molar-refractivity contribution >= 4 is 42.4 Å². The van der Waals surface area contributed by atoms with Gasteiger partial charge < -0.3 is 4.42 Å². The number of oxazole rings is 1. The second kappa shape index (κ2) is 4.77. The number of hydrogen-bond donors (Lipinski definition) is 0. The van der Waals surface area contributed by atoms with Crippen LogP contribution in [0.25, 0.3) is 22.6 Å². The van der Waals surface area contributed by atoms with Gasteiger partial charge in [0.1, 0.15) is 5.52 Å². The third-order valence-electron chi connectivity index (χ3n) is 2.73. The largest absolute Gasteiger partial charge is 0.436 e. The number of fused-ring (bicyclic) bond motifs is 1. The predicted molar refractivity (Wildman–Crippen MR) is 77.5 cm³/mol. The lowest BCUT2D eigenvalue weighted by Crippen LogP contribution is -1.88. The number of benzene rings is 2. The molecule has 7 heteroatoms. The second-order valence-corrected chi connectivity index (χ2v) is 7.10. The average molecular weight is 328 g/mol. The molecule has 0 radical (unpaired) electrons. The first-order chi connectivity index (χ1) is 9.43. The number of rotatable bonds is 2. The van der Waals surface area contributed by atoms with Gasteiger partial charge in [-0.15, -0.1) is 0 Å². The number of aromatic nitrogens is 1. The summed E-state index contributed by atoms with van der Waals surface area (Å²) in [5, 5.41) is 0.611. The molecule has 3 aromatic rings.